The number of thiazole rings is 1. The molecule has 3 rings (SSSR count). The summed E-state index contributed by atoms with van der Waals surface area (Å²) in [6.45, 7) is 4.08. The van der Waals surface area contributed by atoms with E-state index in [9.17, 15) is 9.90 Å². The first-order valence-electron chi connectivity index (χ1n) is 8.56. The molecule has 0 saturated carbocycles. The first-order valence-corrected chi connectivity index (χ1v) is 10.6. The summed E-state index contributed by atoms with van der Waals surface area (Å²) in [5, 5.41) is 13.9. The molecule has 7 nitrogen and oxygen atoms in total. The lowest BCUT2D eigenvalue weighted by molar-refractivity contribution is 0.268. The molecule has 0 spiro atoms. The smallest absolute Gasteiger partial charge is 0.306 e. The summed E-state index contributed by atoms with van der Waals surface area (Å²) in [6, 6.07) is 3.54. The normalized spacial score (nSPS) is 13.6. The molecule has 0 aliphatic heterocycles. The number of hydrogen-bond acceptors (Lipinski definition) is 8. The fraction of sp³-hybridized carbons (Fsp3) is 0.412. The molecule has 0 saturated heterocycles. The Bertz CT molecular complexity index is 960. The van der Waals surface area contributed by atoms with Crippen LogP contribution in [0.3, 0.4) is 0 Å². The summed E-state index contributed by atoms with van der Waals surface area (Å²) in [6.07, 6.45) is 3.46. The number of hydrogen-bond donors (Lipinski definition) is 3. The van der Waals surface area contributed by atoms with Gasteiger partial charge in [-0.25, -0.2) is 15.0 Å². The van der Waals surface area contributed by atoms with Crippen molar-refractivity contribution in [3.05, 3.63) is 38.7 Å². The van der Waals surface area contributed by atoms with Crippen LogP contribution in [-0.4, -0.2) is 37.7 Å². The molecule has 0 aliphatic rings. The SMILES string of the molecule is CCC[C@H](CO)Nc1nc(S[C@@H](C)c2ccc(Cl)nc2)nc2[nH]c(=O)sc12. The van der Waals surface area contributed by atoms with Crippen molar-refractivity contribution in [3.8, 4) is 0 Å². The Kier molecular flexibility index (Phi) is 6.69. The van der Waals surface area contributed by atoms with Crippen LogP contribution in [0.25, 0.3) is 10.3 Å². The maximum Gasteiger partial charge on any atom is 0.306 e. The summed E-state index contributed by atoms with van der Waals surface area (Å²) in [4.78, 5) is 27.6. The predicted octanol–water partition coefficient (Wildman–Crippen LogP) is 3.85. The topological polar surface area (TPSA) is 104 Å². The number of halogens is 1. The van der Waals surface area contributed by atoms with E-state index in [1.165, 1.54) is 11.8 Å². The molecule has 0 radical (unpaired) electrons. The molecule has 3 N–H and O–H groups in total. The molecule has 144 valence electrons. The van der Waals surface area contributed by atoms with Crippen LogP contribution < -0.4 is 10.2 Å². The van der Waals surface area contributed by atoms with Crippen LogP contribution in [0.5, 0.6) is 0 Å². The summed E-state index contributed by atoms with van der Waals surface area (Å²) < 4.78 is 0.666. The van der Waals surface area contributed by atoms with E-state index < -0.39 is 0 Å². The van der Waals surface area contributed by atoms with Gasteiger partial charge in [0.2, 0.25) is 0 Å². The molecule has 0 amide bonds. The zero-order valence-corrected chi connectivity index (χ0v) is 17.3. The first kappa shape index (κ1) is 20.1. The molecule has 0 aromatic carbocycles. The Hall–Kier alpha value is -1.68. The van der Waals surface area contributed by atoms with Crippen LogP contribution in [0.4, 0.5) is 5.82 Å². The van der Waals surface area contributed by atoms with Crippen molar-refractivity contribution in [1.29, 1.82) is 0 Å². The third-order valence-corrected chi connectivity index (χ3v) is 6.08. The van der Waals surface area contributed by atoms with Gasteiger partial charge in [0.05, 0.1) is 12.6 Å². The van der Waals surface area contributed by atoms with Gasteiger partial charge in [0.1, 0.15) is 9.85 Å². The van der Waals surface area contributed by atoms with Gasteiger partial charge in [0.25, 0.3) is 0 Å². The number of H-pyrrole nitrogens is 1. The lowest BCUT2D eigenvalue weighted by atomic mass is 10.2. The zero-order valence-electron chi connectivity index (χ0n) is 14.9. The number of aromatic nitrogens is 4. The summed E-state index contributed by atoms with van der Waals surface area (Å²) in [5.74, 6) is 0.569. The molecule has 3 aromatic heterocycles. The lowest BCUT2D eigenvalue weighted by Gasteiger charge is -2.17. The number of nitrogens with one attached hydrogen (secondary N) is 2. The number of aromatic amines is 1. The van der Waals surface area contributed by atoms with Gasteiger partial charge in [-0.1, -0.05) is 54.1 Å². The third-order valence-electron chi connectivity index (χ3n) is 3.96. The fourth-order valence-corrected chi connectivity index (χ4v) is 4.30. The molecule has 0 fully saturated rings. The van der Waals surface area contributed by atoms with Gasteiger partial charge in [-0.15, -0.1) is 0 Å². The van der Waals surface area contributed by atoms with Crippen LogP contribution in [-0.2, 0) is 0 Å². The van der Waals surface area contributed by atoms with Crippen molar-refractivity contribution in [2.75, 3.05) is 11.9 Å². The zero-order chi connectivity index (χ0) is 19.4. The van der Waals surface area contributed by atoms with Gasteiger partial charge in [-0.2, -0.15) is 0 Å². The molecule has 0 unspecified atom stereocenters. The molecule has 10 heteroatoms. The Morgan fingerprint density at radius 2 is 2.22 bits per heavy atom. The Morgan fingerprint density at radius 1 is 1.41 bits per heavy atom. The maximum absolute atomic E-state index is 11.8. The van der Waals surface area contributed by atoms with Crippen molar-refractivity contribution in [2.45, 2.75) is 43.1 Å². The fourth-order valence-electron chi connectivity index (χ4n) is 2.58. The molecule has 27 heavy (non-hydrogen) atoms. The molecular weight excluding hydrogens is 406 g/mol. The molecule has 0 aliphatic carbocycles. The van der Waals surface area contributed by atoms with E-state index in [0.29, 0.717) is 26.5 Å². The molecule has 3 heterocycles. The highest BCUT2D eigenvalue weighted by Crippen LogP contribution is 2.35. The first-order chi connectivity index (χ1) is 13.0. The van der Waals surface area contributed by atoms with Crippen molar-refractivity contribution in [1.82, 2.24) is 19.9 Å². The van der Waals surface area contributed by atoms with E-state index in [1.807, 2.05) is 13.0 Å². The summed E-state index contributed by atoms with van der Waals surface area (Å²) >= 11 is 8.37. The number of aliphatic hydroxyl groups excluding tert-OH is 1. The average Bonchev–Trinajstić information content (AvgIpc) is 3.02. The second-order valence-electron chi connectivity index (χ2n) is 6.03. The van der Waals surface area contributed by atoms with E-state index in [0.717, 1.165) is 29.7 Å². The van der Waals surface area contributed by atoms with Crippen molar-refractivity contribution < 1.29 is 5.11 Å². The predicted molar refractivity (Wildman–Crippen MR) is 111 cm³/mol. The van der Waals surface area contributed by atoms with Crippen LogP contribution in [0.15, 0.2) is 28.3 Å². The monoisotopic (exact) mass is 425 g/mol. The summed E-state index contributed by atoms with van der Waals surface area (Å²) in [5.41, 5.74) is 1.50. The van der Waals surface area contributed by atoms with Gasteiger partial charge in [0, 0.05) is 11.4 Å². The lowest BCUT2D eigenvalue weighted by Crippen LogP contribution is -2.24. The van der Waals surface area contributed by atoms with Crippen LogP contribution in [0, 0.1) is 0 Å². The second kappa shape index (κ2) is 9.01. The van der Waals surface area contributed by atoms with Crippen LogP contribution in [0.2, 0.25) is 5.15 Å². The van der Waals surface area contributed by atoms with Crippen molar-refractivity contribution in [3.63, 3.8) is 0 Å². The summed E-state index contributed by atoms with van der Waals surface area (Å²) in [7, 11) is 0. The minimum atomic E-state index is -0.185. The number of aliphatic hydroxyl groups is 1. The van der Waals surface area contributed by atoms with Crippen molar-refractivity contribution in [2.24, 2.45) is 0 Å². The van der Waals surface area contributed by atoms with Gasteiger partial charge in [-0.05, 0) is 25.0 Å². The van der Waals surface area contributed by atoms with Gasteiger partial charge >= 0.3 is 4.87 Å². The maximum atomic E-state index is 11.8. The average molecular weight is 426 g/mol. The number of thioether (sulfide) groups is 1. The third kappa shape index (κ3) is 4.98. The minimum absolute atomic E-state index is 0.00597. The van der Waals surface area contributed by atoms with Crippen LogP contribution in [0.1, 0.15) is 37.5 Å². The highest BCUT2D eigenvalue weighted by molar-refractivity contribution is 7.99. The van der Waals surface area contributed by atoms with Crippen LogP contribution >= 0.6 is 34.7 Å². The molecule has 0 bridgehead atoms. The van der Waals surface area contributed by atoms with E-state index in [-0.39, 0.29) is 22.8 Å². The number of rotatable bonds is 8. The molecular formula is C17H20ClN5O2S2. The Labute approximate surface area is 169 Å². The van der Waals surface area contributed by atoms with Gasteiger partial charge in [0.15, 0.2) is 16.6 Å². The number of fused-ring (bicyclic) bond motifs is 1. The quantitative estimate of drug-likeness (QED) is 0.286. The standard InChI is InChI=1S/C17H20ClN5O2S2/c1-3-4-11(8-24)20-14-13-15(23-17(25)27-13)22-16(21-14)26-9(2)10-5-6-12(18)19-7-10/h5-7,9,11,24H,3-4,8H2,1-2H3,(H2,20,21,22,23,25)/t9-,11+/m0/s1. The van der Waals surface area contributed by atoms with Gasteiger partial charge in [-0.3, -0.25) is 9.78 Å². The van der Waals surface area contributed by atoms with E-state index in [2.05, 4.69) is 32.2 Å². The van der Waals surface area contributed by atoms with E-state index in [4.69, 9.17) is 11.6 Å². The highest BCUT2D eigenvalue weighted by atomic mass is 35.5. The second-order valence-corrected chi connectivity index (χ2v) is 8.71. The van der Waals surface area contributed by atoms with Gasteiger partial charge < -0.3 is 10.4 Å². The van der Waals surface area contributed by atoms with E-state index in [1.54, 1.807) is 12.3 Å². The Morgan fingerprint density at radius 3 is 2.89 bits per heavy atom. The highest BCUT2D eigenvalue weighted by Gasteiger charge is 2.17. The van der Waals surface area contributed by atoms with E-state index >= 15 is 0 Å². The number of nitrogens with zero attached hydrogens (tertiary/aromatic N) is 3. The molecule has 2 atom stereocenters. The Balaban J connectivity index is 1.91. The number of pyridine rings is 1. The van der Waals surface area contributed by atoms with Crippen molar-refractivity contribution >= 4 is 50.9 Å². The number of anilines is 1. The largest absolute Gasteiger partial charge is 0.394 e. The minimum Gasteiger partial charge on any atom is -0.394 e. The molecule has 3 aromatic rings.